The van der Waals surface area contributed by atoms with Gasteiger partial charge in [-0.15, -0.1) is 0 Å². The fraction of sp³-hybridized carbons (Fsp3) is 0.355. The third-order valence-corrected chi connectivity index (χ3v) is 6.98. The summed E-state index contributed by atoms with van der Waals surface area (Å²) in [5, 5.41) is 3.17. The molecule has 0 saturated carbocycles. The van der Waals surface area contributed by atoms with Gasteiger partial charge in [0.05, 0.1) is 12.0 Å². The zero-order chi connectivity index (χ0) is 25.2. The average molecular weight is 469 g/mol. The maximum Gasteiger partial charge on any atom is 0.254 e. The van der Waals surface area contributed by atoms with Gasteiger partial charge in [-0.25, -0.2) is 0 Å². The molecule has 0 spiro atoms. The lowest BCUT2D eigenvalue weighted by Crippen LogP contribution is -2.46. The van der Waals surface area contributed by atoms with Gasteiger partial charge in [0.1, 0.15) is 0 Å². The van der Waals surface area contributed by atoms with Crippen LogP contribution in [0.25, 0.3) is 0 Å². The fourth-order valence-corrected chi connectivity index (χ4v) is 5.07. The molecule has 2 amide bonds. The number of likely N-dealkylation sites (tertiary alicyclic amines) is 1. The van der Waals surface area contributed by atoms with Crippen molar-refractivity contribution in [1.82, 2.24) is 4.90 Å². The van der Waals surface area contributed by atoms with E-state index in [0.29, 0.717) is 12.1 Å². The quantitative estimate of drug-likeness (QED) is 0.456. The van der Waals surface area contributed by atoms with Crippen molar-refractivity contribution in [1.29, 1.82) is 0 Å². The van der Waals surface area contributed by atoms with E-state index in [4.69, 9.17) is 0 Å². The highest BCUT2D eigenvalue weighted by Crippen LogP contribution is 2.38. The zero-order valence-corrected chi connectivity index (χ0v) is 21.5. The van der Waals surface area contributed by atoms with E-state index in [2.05, 4.69) is 38.2 Å². The summed E-state index contributed by atoms with van der Waals surface area (Å²) in [7, 11) is 0. The molecule has 1 unspecified atom stereocenters. The Bertz CT molecular complexity index is 1210. The van der Waals surface area contributed by atoms with Gasteiger partial charge in [-0.05, 0) is 67.0 Å². The minimum absolute atomic E-state index is 0.00668. The van der Waals surface area contributed by atoms with Gasteiger partial charge in [0.15, 0.2) is 0 Å². The summed E-state index contributed by atoms with van der Waals surface area (Å²) >= 11 is 0. The van der Waals surface area contributed by atoms with E-state index in [1.807, 2.05) is 79.4 Å². The Hall–Kier alpha value is -3.40. The third-order valence-electron chi connectivity index (χ3n) is 6.98. The number of nitrogens with one attached hydrogen (secondary N) is 1. The summed E-state index contributed by atoms with van der Waals surface area (Å²) in [6, 6.07) is 23.7. The first-order valence-corrected chi connectivity index (χ1v) is 12.5. The number of benzene rings is 3. The van der Waals surface area contributed by atoms with Crippen LogP contribution in [-0.4, -0.2) is 23.3 Å². The van der Waals surface area contributed by atoms with Gasteiger partial charge in [0.2, 0.25) is 5.91 Å². The summed E-state index contributed by atoms with van der Waals surface area (Å²) in [6.07, 6.45) is 1.53. The third kappa shape index (κ3) is 5.48. The van der Waals surface area contributed by atoms with Crippen molar-refractivity contribution >= 4 is 17.5 Å². The minimum Gasteiger partial charge on any atom is -0.331 e. The summed E-state index contributed by atoms with van der Waals surface area (Å²) in [4.78, 5) is 29.4. The Morgan fingerprint density at radius 3 is 2.34 bits per heavy atom. The molecular weight excluding hydrogens is 432 g/mol. The van der Waals surface area contributed by atoms with Gasteiger partial charge in [0, 0.05) is 17.8 Å². The lowest BCUT2D eigenvalue weighted by molar-refractivity contribution is -0.123. The van der Waals surface area contributed by atoms with Crippen molar-refractivity contribution < 1.29 is 9.59 Å². The predicted molar refractivity (Wildman–Crippen MR) is 143 cm³/mol. The number of amides is 2. The van der Waals surface area contributed by atoms with Crippen LogP contribution < -0.4 is 5.32 Å². The number of piperidine rings is 1. The molecule has 0 radical (unpaired) electrons. The van der Waals surface area contributed by atoms with Gasteiger partial charge in [0.25, 0.3) is 5.91 Å². The number of aryl methyl sites for hydroxylation is 2. The maximum atomic E-state index is 13.8. The number of hydrogen-bond donors (Lipinski definition) is 1. The van der Waals surface area contributed by atoms with Crippen molar-refractivity contribution in [3.8, 4) is 0 Å². The molecule has 182 valence electrons. The Morgan fingerprint density at radius 1 is 0.914 bits per heavy atom. The van der Waals surface area contributed by atoms with Crippen LogP contribution in [0.5, 0.6) is 0 Å². The molecule has 1 N–H and O–H groups in total. The van der Waals surface area contributed by atoms with Crippen LogP contribution in [0.4, 0.5) is 5.69 Å². The molecule has 4 rings (SSSR count). The molecule has 1 fully saturated rings. The smallest absolute Gasteiger partial charge is 0.254 e. The Kier molecular flexibility index (Phi) is 7.11. The second-order valence-electron chi connectivity index (χ2n) is 10.7. The molecule has 1 saturated heterocycles. The Morgan fingerprint density at radius 2 is 1.66 bits per heavy atom. The standard InChI is InChI=1S/C31H36N2O2/c1-21-16-17-26(22(2)19-21)30(35)33-18-10-15-27(28(33)23-11-7-6-8-12-23)29(34)32-25-14-9-13-24(20-25)31(3,4)5/h6-9,11-14,16-17,19-20,27-28H,10,15,18H2,1-5H3,(H,32,34)/t27?,28-/m0/s1. The normalized spacial score (nSPS) is 18.3. The van der Waals surface area contributed by atoms with Gasteiger partial charge < -0.3 is 10.2 Å². The first kappa shape index (κ1) is 24.7. The van der Waals surface area contributed by atoms with Crippen molar-refractivity contribution in [3.05, 3.63) is 101 Å². The van der Waals surface area contributed by atoms with E-state index in [-0.39, 0.29) is 29.2 Å². The SMILES string of the molecule is Cc1ccc(C(=O)N2CCCC(C(=O)Nc3cccc(C(C)(C)C)c3)[C@@H]2c2ccccc2)c(C)c1. The zero-order valence-electron chi connectivity index (χ0n) is 21.5. The minimum atomic E-state index is -0.334. The lowest BCUT2D eigenvalue weighted by Gasteiger charge is -2.41. The molecule has 0 aromatic heterocycles. The molecule has 1 heterocycles. The van der Waals surface area contributed by atoms with Crippen molar-refractivity contribution in [2.24, 2.45) is 5.92 Å². The van der Waals surface area contributed by atoms with Gasteiger partial charge >= 0.3 is 0 Å². The van der Waals surface area contributed by atoms with Gasteiger partial charge in [-0.1, -0.05) is 80.9 Å². The largest absolute Gasteiger partial charge is 0.331 e. The van der Waals surface area contributed by atoms with Crippen LogP contribution in [0.2, 0.25) is 0 Å². The maximum absolute atomic E-state index is 13.8. The lowest BCUT2D eigenvalue weighted by atomic mass is 9.83. The molecule has 0 aliphatic carbocycles. The highest BCUT2D eigenvalue weighted by atomic mass is 16.2. The van der Waals surface area contributed by atoms with E-state index < -0.39 is 0 Å². The predicted octanol–water partition coefficient (Wildman–Crippen LogP) is 6.83. The van der Waals surface area contributed by atoms with Crippen molar-refractivity contribution in [2.45, 2.75) is 58.9 Å². The fourth-order valence-electron chi connectivity index (χ4n) is 5.07. The summed E-state index contributed by atoms with van der Waals surface area (Å²) < 4.78 is 0. The van der Waals surface area contributed by atoms with Crippen LogP contribution >= 0.6 is 0 Å². The Balaban J connectivity index is 1.67. The number of nitrogens with zero attached hydrogens (tertiary/aromatic N) is 1. The first-order valence-electron chi connectivity index (χ1n) is 12.5. The summed E-state index contributed by atoms with van der Waals surface area (Å²) in [6.45, 7) is 11.1. The number of carbonyl (C=O) groups excluding carboxylic acids is 2. The van der Waals surface area contributed by atoms with E-state index in [0.717, 1.165) is 35.2 Å². The molecule has 3 aromatic rings. The Labute approximate surface area is 209 Å². The van der Waals surface area contributed by atoms with E-state index in [1.165, 1.54) is 5.56 Å². The van der Waals surface area contributed by atoms with E-state index in [9.17, 15) is 9.59 Å². The second kappa shape index (κ2) is 10.1. The van der Waals surface area contributed by atoms with Crippen LogP contribution in [0.15, 0.2) is 72.8 Å². The van der Waals surface area contributed by atoms with Gasteiger partial charge in [-0.2, -0.15) is 0 Å². The van der Waals surface area contributed by atoms with E-state index in [1.54, 1.807) is 0 Å². The van der Waals surface area contributed by atoms with Crippen LogP contribution in [0, 0.1) is 19.8 Å². The second-order valence-corrected chi connectivity index (χ2v) is 10.7. The number of rotatable bonds is 4. The molecule has 4 nitrogen and oxygen atoms in total. The highest BCUT2D eigenvalue weighted by molar-refractivity contribution is 5.98. The molecule has 3 aromatic carbocycles. The van der Waals surface area contributed by atoms with E-state index >= 15 is 0 Å². The van der Waals surface area contributed by atoms with Gasteiger partial charge in [-0.3, -0.25) is 9.59 Å². The molecule has 1 aliphatic rings. The monoisotopic (exact) mass is 468 g/mol. The van der Waals surface area contributed by atoms with Crippen molar-refractivity contribution in [3.63, 3.8) is 0 Å². The van der Waals surface area contributed by atoms with Crippen LogP contribution in [-0.2, 0) is 10.2 Å². The van der Waals surface area contributed by atoms with Crippen LogP contribution in [0.1, 0.15) is 72.3 Å². The molecule has 4 heteroatoms. The van der Waals surface area contributed by atoms with Crippen LogP contribution in [0.3, 0.4) is 0 Å². The molecule has 0 bridgehead atoms. The molecular formula is C31H36N2O2. The topological polar surface area (TPSA) is 49.4 Å². The summed E-state index contributed by atoms with van der Waals surface area (Å²) in [5.41, 5.74) is 5.76. The number of anilines is 1. The summed E-state index contributed by atoms with van der Waals surface area (Å²) in [5.74, 6) is -0.384. The first-order chi connectivity index (χ1) is 16.6. The average Bonchev–Trinajstić information content (AvgIpc) is 2.83. The van der Waals surface area contributed by atoms with Crippen molar-refractivity contribution in [2.75, 3.05) is 11.9 Å². The molecule has 35 heavy (non-hydrogen) atoms. The number of carbonyl (C=O) groups is 2. The molecule has 1 aliphatic heterocycles. The number of hydrogen-bond acceptors (Lipinski definition) is 2. The highest BCUT2D eigenvalue weighted by Gasteiger charge is 2.40. The molecule has 2 atom stereocenters.